The number of thiophene rings is 1. The molecule has 122 valence electrons. The molecule has 1 aliphatic heterocycles. The maximum atomic E-state index is 2.53. The first-order valence-electron chi connectivity index (χ1n) is 8.48. The fourth-order valence-electron chi connectivity index (χ4n) is 3.38. The number of benzene rings is 2. The molecule has 0 N–H and O–H groups in total. The van der Waals surface area contributed by atoms with E-state index in [0.29, 0.717) is 6.04 Å². The minimum Gasteiger partial charge on any atom is -0.336 e. The van der Waals surface area contributed by atoms with E-state index in [0.717, 1.165) is 6.42 Å². The van der Waals surface area contributed by atoms with Gasteiger partial charge in [-0.05, 0) is 38.0 Å². The van der Waals surface area contributed by atoms with Crippen molar-refractivity contribution in [2.75, 3.05) is 4.90 Å². The number of fused-ring (bicyclic) bond motifs is 2. The topological polar surface area (TPSA) is 3.24 Å². The van der Waals surface area contributed by atoms with Crippen LogP contribution in [0.3, 0.4) is 0 Å². The van der Waals surface area contributed by atoms with E-state index in [-0.39, 0.29) is 0 Å². The molecule has 1 aliphatic rings. The lowest BCUT2D eigenvalue weighted by Gasteiger charge is -2.35. The summed E-state index contributed by atoms with van der Waals surface area (Å²) in [4.78, 5) is 5.37. The molecule has 0 aliphatic carbocycles. The Morgan fingerprint density at radius 2 is 1.67 bits per heavy atom. The largest absolute Gasteiger partial charge is 0.336 e. The summed E-state index contributed by atoms with van der Waals surface area (Å²) in [6.45, 7) is 6.84. The van der Waals surface area contributed by atoms with Crippen LogP contribution < -0.4 is 4.90 Å². The quantitative estimate of drug-likeness (QED) is 0.500. The molecule has 0 radical (unpaired) electrons. The molecule has 0 saturated carbocycles. The van der Waals surface area contributed by atoms with Crippen molar-refractivity contribution in [3.05, 3.63) is 59.5 Å². The van der Waals surface area contributed by atoms with Gasteiger partial charge in [-0.2, -0.15) is 0 Å². The van der Waals surface area contributed by atoms with Crippen LogP contribution in [0.5, 0.6) is 0 Å². The van der Waals surface area contributed by atoms with Gasteiger partial charge in [0.15, 0.2) is 0 Å². The molecule has 0 saturated heterocycles. The molecular weight excluding hydrogens is 330 g/mol. The van der Waals surface area contributed by atoms with Crippen molar-refractivity contribution in [1.29, 1.82) is 0 Å². The lowest BCUT2D eigenvalue weighted by atomic mass is 10.0. The minimum atomic E-state index is 0.424. The van der Waals surface area contributed by atoms with Gasteiger partial charge in [-0.3, -0.25) is 0 Å². The number of anilines is 2. The van der Waals surface area contributed by atoms with Gasteiger partial charge in [0.1, 0.15) is 0 Å². The number of rotatable bonds is 3. The van der Waals surface area contributed by atoms with Crippen molar-refractivity contribution in [3.63, 3.8) is 0 Å². The van der Waals surface area contributed by atoms with Gasteiger partial charge >= 0.3 is 0 Å². The van der Waals surface area contributed by atoms with Gasteiger partial charge < -0.3 is 4.90 Å². The lowest BCUT2D eigenvalue weighted by molar-refractivity contribution is 0.776. The first-order chi connectivity index (χ1) is 11.7. The molecule has 24 heavy (non-hydrogen) atoms. The zero-order valence-electron chi connectivity index (χ0n) is 14.2. The summed E-state index contributed by atoms with van der Waals surface area (Å²) >= 11 is 3.89. The first kappa shape index (κ1) is 15.8. The van der Waals surface area contributed by atoms with Crippen LogP contribution in [0.25, 0.3) is 11.1 Å². The van der Waals surface area contributed by atoms with Crippen molar-refractivity contribution in [3.8, 4) is 11.1 Å². The van der Waals surface area contributed by atoms with Gasteiger partial charge in [0.2, 0.25) is 0 Å². The molecule has 2 aromatic carbocycles. The summed E-state index contributed by atoms with van der Waals surface area (Å²) in [5, 5.41) is 0. The Labute approximate surface area is 152 Å². The molecule has 0 bridgehead atoms. The maximum Gasteiger partial charge on any atom is 0.0894 e. The monoisotopic (exact) mass is 351 g/mol. The highest BCUT2D eigenvalue weighted by atomic mass is 32.2. The Morgan fingerprint density at radius 3 is 2.38 bits per heavy atom. The Hall–Kier alpha value is -1.71. The number of hydrogen-bond acceptors (Lipinski definition) is 3. The standard InChI is InChI=1S/C21H21NS2/c1-4-17-19(15-10-6-5-7-11-15)20-21(23-17)24-18-13-9-8-12-16(18)22(20)14(2)3/h5-14H,4H2,1-3H3. The molecule has 1 nitrogen and oxygen atoms in total. The Morgan fingerprint density at radius 1 is 0.958 bits per heavy atom. The van der Waals surface area contributed by atoms with E-state index in [1.54, 1.807) is 0 Å². The summed E-state index contributed by atoms with van der Waals surface area (Å²) in [5.41, 5.74) is 5.50. The zero-order valence-corrected chi connectivity index (χ0v) is 15.9. The van der Waals surface area contributed by atoms with Crippen LogP contribution in [0.1, 0.15) is 25.6 Å². The predicted molar refractivity (Wildman–Crippen MR) is 107 cm³/mol. The van der Waals surface area contributed by atoms with Crippen LogP contribution in [0.4, 0.5) is 11.4 Å². The highest BCUT2D eigenvalue weighted by Gasteiger charge is 2.31. The Bertz CT molecular complexity index is 865. The molecule has 0 spiro atoms. The molecule has 0 unspecified atom stereocenters. The molecule has 2 heterocycles. The molecule has 3 aromatic rings. The van der Waals surface area contributed by atoms with Crippen molar-refractivity contribution in [2.45, 2.75) is 42.3 Å². The third kappa shape index (κ3) is 2.47. The number of nitrogens with zero attached hydrogens (tertiary/aromatic N) is 1. The van der Waals surface area contributed by atoms with E-state index >= 15 is 0 Å². The first-order valence-corrected chi connectivity index (χ1v) is 10.1. The number of aryl methyl sites for hydroxylation is 1. The molecular formula is C21H21NS2. The fraction of sp³-hybridized carbons (Fsp3) is 0.238. The molecule has 3 heteroatoms. The zero-order chi connectivity index (χ0) is 16.7. The average molecular weight is 352 g/mol. The van der Waals surface area contributed by atoms with Gasteiger partial charge in [-0.1, -0.05) is 61.2 Å². The van der Waals surface area contributed by atoms with Gasteiger partial charge in [0.05, 0.1) is 15.6 Å². The Kier molecular flexibility index (Phi) is 4.15. The van der Waals surface area contributed by atoms with Crippen molar-refractivity contribution >= 4 is 34.5 Å². The van der Waals surface area contributed by atoms with Crippen LogP contribution >= 0.6 is 23.1 Å². The molecule has 1 aromatic heterocycles. The lowest BCUT2D eigenvalue weighted by Crippen LogP contribution is -2.27. The maximum absolute atomic E-state index is 2.53. The van der Waals surface area contributed by atoms with E-state index in [4.69, 9.17) is 0 Å². The van der Waals surface area contributed by atoms with Crippen molar-refractivity contribution in [1.82, 2.24) is 0 Å². The van der Waals surface area contributed by atoms with Crippen LogP contribution in [-0.4, -0.2) is 6.04 Å². The third-order valence-electron chi connectivity index (χ3n) is 4.39. The predicted octanol–water partition coefficient (Wildman–Crippen LogP) is 6.99. The van der Waals surface area contributed by atoms with E-state index in [2.05, 4.69) is 80.3 Å². The van der Waals surface area contributed by atoms with Gasteiger partial charge in [0, 0.05) is 21.4 Å². The summed E-state index contributed by atoms with van der Waals surface area (Å²) in [6.07, 6.45) is 1.07. The van der Waals surface area contributed by atoms with Crippen LogP contribution in [-0.2, 0) is 6.42 Å². The number of para-hydroxylation sites is 1. The van der Waals surface area contributed by atoms with E-state index in [1.807, 2.05) is 23.1 Å². The van der Waals surface area contributed by atoms with Gasteiger partial charge in [-0.25, -0.2) is 0 Å². The second kappa shape index (κ2) is 6.30. The van der Waals surface area contributed by atoms with Crippen LogP contribution in [0.15, 0.2) is 63.7 Å². The second-order valence-electron chi connectivity index (χ2n) is 6.29. The summed E-state index contributed by atoms with van der Waals surface area (Å²) in [5.74, 6) is 0. The van der Waals surface area contributed by atoms with E-state index in [1.165, 1.54) is 36.5 Å². The number of hydrogen-bond donors (Lipinski definition) is 0. The molecule has 0 fully saturated rings. The minimum absolute atomic E-state index is 0.424. The SMILES string of the molecule is CCc1sc2c(c1-c1ccccc1)N(C(C)C)c1ccccc1S2. The van der Waals surface area contributed by atoms with Crippen molar-refractivity contribution < 1.29 is 0 Å². The van der Waals surface area contributed by atoms with Gasteiger partial charge in [-0.15, -0.1) is 11.3 Å². The molecule has 4 rings (SSSR count). The third-order valence-corrected chi connectivity index (χ3v) is 6.96. The van der Waals surface area contributed by atoms with E-state index in [9.17, 15) is 0 Å². The smallest absolute Gasteiger partial charge is 0.0894 e. The summed E-state index contributed by atoms with van der Waals surface area (Å²) < 4.78 is 1.43. The van der Waals surface area contributed by atoms with Gasteiger partial charge in [0.25, 0.3) is 0 Å². The van der Waals surface area contributed by atoms with Crippen LogP contribution in [0, 0.1) is 0 Å². The Balaban J connectivity index is 1.99. The normalized spacial score (nSPS) is 13.1. The second-order valence-corrected chi connectivity index (χ2v) is 8.71. The fourth-order valence-corrected chi connectivity index (χ4v) is 6.02. The van der Waals surface area contributed by atoms with Crippen LogP contribution in [0.2, 0.25) is 0 Å². The summed E-state index contributed by atoms with van der Waals surface area (Å²) in [7, 11) is 0. The molecule has 0 atom stereocenters. The van der Waals surface area contributed by atoms with Crippen molar-refractivity contribution in [2.24, 2.45) is 0 Å². The van der Waals surface area contributed by atoms with E-state index < -0.39 is 0 Å². The molecule has 0 amide bonds. The summed E-state index contributed by atoms with van der Waals surface area (Å²) in [6, 6.07) is 20.1. The average Bonchev–Trinajstić information content (AvgIpc) is 2.97. The highest BCUT2D eigenvalue weighted by Crippen LogP contribution is 2.57. The highest BCUT2D eigenvalue weighted by molar-refractivity contribution is 8.01.